The fourth-order valence-electron chi connectivity index (χ4n) is 4.14. The highest BCUT2D eigenvalue weighted by Crippen LogP contribution is 2.49. The van der Waals surface area contributed by atoms with Gasteiger partial charge in [0.1, 0.15) is 12.3 Å². The summed E-state index contributed by atoms with van der Waals surface area (Å²) in [4.78, 5) is 26.7. The molecule has 5 rings (SSSR count). The van der Waals surface area contributed by atoms with Crippen molar-refractivity contribution in [3.63, 3.8) is 0 Å². The summed E-state index contributed by atoms with van der Waals surface area (Å²) in [7, 11) is 2.39. The third kappa shape index (κ3) is 5.22. The van der Waals surface area contributed by atoms with Gasteiger partial charge in [0.25, 0.3) is 0 Å². The average Bonchev–Trinajstić information content (AvgIpc) is 3.34. The first-order valence-electron chi connectivity index (χ1n) is 11.6. The van der Waals surface area contributed by atoms with Crippen LogP contribution in [-0.2, 0) is 20.9 Å². The van der Waals surface area contributed by atoms with Gasteiger partial charge in [-0.05, 0) is 23.3 Å². The number of hydrogen-bond acceptors (Lipinski definition) is 7. The minimum absolute atomic E-state index is 0.198. The van der Waals surface area contributed by atoms with Crippen molar-refractivity contribution in [3.8, 4) is 5.75 Å². The number of ether oxygens (including phenoxy) is 2. The van der Waals surface area contributed by atoms with Crippen molar-refractivity contribution >= 4 is 28.7 Å². The molecular formula is C27H32FN3O4. The molecule has 0 amide bonds. The molecule has 35 heavy (non-hydrogen) atoms. The van der Waals surface area contributed by atoms with E-state index in [1.807, 2.05) is 78.3 Å². The Balaban J connectivity index is 0.000000815. The van der Waals surface area contributed by atoms with Crippen LogP contribution in [0, 0.1) is 0 Å². The summed E-state index contributed by atoms with van der Waals surface area (Å²) in [6, 6.07) is 13.5. The Morgan fingerprint density at radius 1 is 1.14 bits per heavy atom. The Morgan fingerprint density at radius 2 is 1.86 bits per heavy atom. The van der Waals surface area contributed by atoms with Gasteiger partial charge < -0.3 is 14.4 Å². The zero-order valence-corrected chi connectivity index (χ0v) is 20.7. The third-order valence-electron chi connectivity index (χ3n) is 5.81. The van der Waals surface area contributed by atoms with E-state index >= 15 is 0 Å². The van der Waals surface area contributed by atoms with Crippen molar-refractivity contribution in [2.24, 2.45) is 0 Å². The molecule has 0 unspecified atom stereocenters. The van der Waals surface area contributed by atoms with Crippen molar-refractivity contribution in [2.75, 3.05) is 44.0 Å². The average molecular weight is 482 g/mol. The molecule has 8 heteroatoms. The predicted molar refractivity (Wildman–Crippen MR) is 136 cm³/mol. The molecule has 0 atom stereocenters. The number of alkyl halides is 1. The van der Waals surface area contributed by atoms with Gasteiger partial charge in [-0.15, -0.1) is 0 Å². The highest BCUT2D eigenvalue weighted by atomic mass is 19.1. The van der Waals surface area contributed by atoms with E-state index in [0.717, 1.165) is 22.5 Å². The number of nitrogens with zero attached hydrogens (tertiary/aromatic N) is 3. The van der Waals surface area contributed by atoms with Crippen LogP contribution in [0.1, 0.15) is 31.4 Å². The summed E-state index contributed by atoms with van der Waals surface area (Å²) in [5, 5.41) is 3.78. The molecule has 3 aliphatic heterocycles. The number of carbonyl (C=O) groups is 2. The molecule has 3 heterocycles. The van der Waals surface area contributed by atoms with Crippen LogP contribution in [0.5, 0.6) is 5.75 Å². The molecule has 7 nitrogen and oxygen atoms in total. The van der Waals surface area contributed by atoms with Crippen LogP contribution in [0.15, 0.2) is 60.8 Å². The largest absolute Gasteiger partial charge is 0.472 e. The Kier molecular flexibility index (Phi) is 8.65. The summed E-state index contributed by atoms with van der Waals surface area (Å²) in [6.45, 7) is 9.76. The number of hydrogen-bond donors (Lipinski definition) is 0. The number of rotatable bonds is 4. The second kappa shape index (κ2) is 11.7. The topological polar surface area (TPSA) is 62.3 Å². The first-order chi connectivity index (χ1) is 17.0. The molecule has 0 N–H and O–H groups in total. The molecule has 3 aliphatic rings. The first kappa shape index (κ1) is 26.0. The van der Waals surface area contributed by atoms with Crippen molar-refractivity contribution in [1.82, 2.24) is 5.01 Å². The van der Waals surface area contributed by atoms with Gasteiger partial charge in [0.2, 0.25) is 0 Å². The number of anilines is 2. The molecular weight excluding hydrogens is 449 g/mol. The fraction of sp³-hybridized carbons (Fsp3) is 0.333. The van der Waals surface area contributed by atoms with Gasteiger partial charge in [-0.25, -0.2) is 4.79 Å². The van der Waals surface area contributed by atoms with Crippen molar-refractivity contribution in [3.05, 3.63) is 71.9 Å². The van der Waals surface area contributed by atoms with Crippen LogP contribution in [0.4, 0.5) is 15.8 Å². The van der Waals surface area contributed by atoms with Crippen molar-refractivity contribution < 1.29 is 23.5 Å². The summed E-state index contributed by atoms with van der Waals surface area (Å²) < 4.78 is 21.1. The van der Waals surface area contributed by atoms with Crippen LogP contribution in [-0.4, -0.2) is 50.8 Å². The van der Waals surface area contributed by atoms with Crippen molar-refractivity contribution in [1.29, 1.82) is 0 Å². The maximum absolute atomic E-state index is 12.9. The minimum Gasteiger partial charge on any atom is -0.472 e. The van der Waals surface area contributed by atoms with E-state index in [1.54, 1.807) is 6.20 Å². The number of halogens is 1. The predicted octanol–water partition coefficient (Wildman–Crippen LogP) is 4.73. The summed E-state index contributed by atoms with van der Waals surface area (Å²) >= 11 is 0. The number of hydrazine groups is 1. The van der Waals surface area contributed by atoms with E-state index in [2.05, 4.69) is 6.58 Å². The lowest BCUT2D eigenvalue weighted by Crippen LogP contribution is -2.44. The number of ketones is 1. The molecule has 0 aromatic heterocycles. The lowest BCUT2D eigenvalue weighted by Gasteiger charge is -2.42. The van der Waals surface area contributed by atoms with Gasteiger partial charge in [0.15, 0.2) is 18.3 Å². The smallest absolute Gasteiger partial charge is 0.340 e. The Labute approximate surface area is 206 Å². The molecule has 0 radical (unpaired) electrons. The second-order valence-electron chi connectivity index (χ2n) is 7.88. The minimum atomic E-state index is -0.421. The normalized spacial score (nSPS) is 16.2. The summed E-state index contributed by atoms with van der Waals surface area (Å²) in [5.41, 5.74) is 4.45. The van der Waals surface area contributed by atoms with E-state index in [0.29, 0.717) is 50.3 Å². The first-order valence-corrected chi connectivity index (χ1v) is 11.6. The molecule has 0 spiro atoms. The molecule has 2 aromatic rings. The van der Waals surface area contributed by atoms with Gasteiger partial charge in [-0.3, -0.25) is 14.2 Å². The highest BCUT2D eigenvalue weighted by molar-refractivity contribution is 6.10. The Morgan fingerprint density at radius 3 is 2.51 bits per heavy atom. The molecule has 0 bridgehead atoms. The fourth-order valence-corrected chi connectivity index (χ4v) is 4.14. The third-order valence-corrected chi connectivity index (χ3v) is 5.81. The monoisotopic (exact) mass is 481 g/mol. The zero-order valence-electron chi connectivity index (χ0n) is 20.7. The zero-order chi connectivity index (χ0) is 25.5. The molecule has 0 aliphatic carbocycles. The van der Waals surface area contributed by atoms with E-state index in [-0.39, 0.29) is 12.4 Å². The van der Waals surface area contributed by atoms with Crippen LogP contribution >= 0.6 is 0 Å². The van der Waals surface area contributed by atoms with Crippen LogP contribution in [0.2, 0.25) is 0 Å². The molecule has 1 fully saturated rings. The Bertz CT molecular complexity index is 1120. The second-order valence-corrected chi connectivity index (χ2v) is 7.88. The summed E-state index contributed by atoms with van der Waals surface area (Å²) in [6.07, 6.45) is 2.30. The van der Waals surface area contributed by atoms with Crippen LogP contribution in [0.3, 0.4) is 0 Å². The van der Waals surface area contributed by atoms with Crippen LogP contribution in [0.25, 0.3) is 5.57 Å². The molecule has 2 aromatic carbocycles. The number of Topliss-reactive ketones (excluding diaryl/α,β-unsaturated/α-hetero) is 1. The van der Waals surface area contributed by atoms with Gasteiger partial charge in [-0.2, -0.15) is 5.01 Å². The quantitative estimate of drug-likeness (QED) is 0.585. The molecule has 186 valence electrons. The van der Waals surface area contributed by atoms with Gasteiger partial charge >= 0.3 is 5.97 Å². The lowest BCUT2D eigenvalue weighted by atomic mass is 9.93. The SMILES string of the molecule is C=C1C(C(=O)OCc2ccccc2)=CN2c3c1ccc(N1CCC(=O)C1)c3OCN2C.CC.CF. The van der Waals surface area contributed by atoms with Gasteiger partial charge in [-0.1, -0.05) is 50.8 Å². The van der Waals surface area contributed by atoms with E-state index < -0.39 is 5.97 Å². The van der Waals surface area contributed by atoms with E-state index in [4.69, 9.17) is 9.47 Å². The van der Waals surface area contributed by atoms with E-state index in [9.17, 15) is 14.0 Å². The number of carbonyl (C=O) groups excluding carboxylic acids is 2. The van der Waals surface area contributed by atoms with Crippen molar-refractivity contribution in [2.45, 2.75) is 26.9 Å². The molecule has 1 saturated heterocycles. The molecule has 0 saturated carbocycles. The maximum atomic E-state index is 12.9. The standard InChI is InChI=1S/C24H23N3O4.C2H6.CH3F/c1-16-19-8-9-21(26-11-10-18(28)12-26)23-22(19)27(25(2)15-31-23)13-20(16)24(29)30-14-17-6-4-3-5-7-17;2*1-2/h3-9,13H,1,10-12,14-15H2,2H3;1-2H3;1H3. The van der Waals surface area contributed by atoms with Gasteiger partial charge in [0, 0.05) is 31.8 Å². The highest BCUT2D eigenvalue weighted by Gasteiger charge is 2.36. The number of esters is 1. The number of benzene rings is 2. The van der Waals surface area contributed by atoms with Crippen LogP contribution < -0.4 is 14.6 Å². The lowest BCUT2D eigenvalue weighted by molar-refractivity contribution is -0.139. The Hall–Kier alpha value is -3.65. The van der Waals surface area contributed by atoms with Gasteiger partial charge in [0.05, 0.1) is 25.0 Å². The summed E-state index contributed by atoms with van der Waals surface area (Å²) in [5.74, 6) is 0.511. The maximum Gasteiger partial charge on any atom is 0.340 e. The van der Waals surface area contributed by atoms with E-state index in [1.165, 1.54) is 0 Å².